The molecule has 0 radical (unpaired) electrons. The molecule has 19 heavy (non-hydrogen) atoms. The van der Waals surface area contributed by atoms with Gasteiger partial charge < -0.3 is 4.74 Å². The highest BCUT2D eigenvalue weighted by Crippen LogP contribution is 2.29. The first-order chi connectivity index (χ1) is 8.64. The van der Waals surface area contributed by atoms with Crippen molar-refractivity contribution in [2.45, 2.75) is 38.5 Å². The topological polar surface area (TPSA) is 26.3 Å². The quantitative estimate of drug-likeness (QED) is 0.819. The molecule has 0 saturated carbocycles. The number of halogens is 3. The molecular weight excluding hydrogens is 257 g/mol. The number of ether oxygens (including phenoxy) is 1. The van der Waals surface area contributed by atoms with E-state index in [1.54, 1.807) is 13.8 Å². The Bertz CT molecular complexity index is 433. The molecular formula is C14H17F3O2. The van der Waals surface area contributed by atoms with E-state index in [1.165, 1.54) is 19.2 Å². The summed E-state index contributed by atoms with van der Waals surface area (Å²) in [7, 11) is 1.52. The number of methoxy groups -OCH3 is 1. The van der Waals surface area contributed by atoms with Crippen LogP contribution in [0.5, 0.6) is 0 Å². The molecule has 0 aromatic heterocycles. The number of benzene rings is 1. The molecule has 106 valence electrons. The van der Waals surface area contributed by atoms with E-state index in [9.17, 15) is 18.0 Å². The van der Waals surface area contributed by atoms with Gasteiger partial charge in [-0.1, -0.05) is 12.1 Å². The summed E-state index contributed by atoms with van der Waals surface area (Å²) < 4.78 is 42.2. The van der Waals surface area contributed by atoms with E-state index in [1.807, 2.05) is 0 Å². The summed E-state index contributed by atoms with van der Waals surface area (Å²) in [5, 5.41) is 0. The standard InChI is InChI=1S/C14H17F3O2/c1-13(2,19-3)9-12(18)8-10-4-6-11(7-5-10)14(15,16)17/h4-7H,8-9H2,1-3H3. The summed E-state index contributed by atoms with van der Waals surface area (Å²) in [6.07, 6.45) is -4.00. The lowest BCUT2D eigenvalue weighted by Crippen LogP contribution is -2.27. The van der Waals surface area contributed by atoms with Crippen molar-refractivity contribution in [3.05, 3.63) is 35.4 Å². The Morgan fingerprint density at radius 2 is 1.68 bits per heavy atom. The number of ketones is 1. The summed E-state index contributed by atoms with van der Waals surface area (Å²) in [4.78, 5) is 11.8. The lowest BCUT2D eigenvalue weighted by Gasteiger charge is -2.21. The highest BCUT2D eigenvalue weighted by atomic mass is 19.4. The molecule has 2 nitrogen and oxygen atoms in total. The number of carbonyl (C=O) groups excluding carboxylic acids is 1. The van der Waals surface area contributed by atoms with Crippen molar-refractivity contribution in [3.63, 3.8) is 0 Å². The number of Topliss-reactive ketones (excluding diaryl/α,β-unsaturated/α-hetero) is 1. The smallest absolute Gasteiger partial charge is 0.378 e. The van der Waals surface area contributed by atoms with Crippen LogP contribution in [0, 0.1) is 0 Å². The van der Waals surface area contributed by atoms with Gasteiger partial charge in [-0.2, -0.15) is 13.2 Å². The Morgan fingerprint density at radius 1 is 1.16 bits per heavy atom. The Morgan fingerprint density at radius 3 is 2.11 bits per heavy atom. The van der Waals surface area contributed by atoms with Crippen LogP contribution in [0.15, 0.2) is 24.3 Å². The molecule has 5 heteroatoms. The van der Waals surface area contributed by atoms with Gasteiger partial charge in [0.05, 0.1) is 11.2 Å². The minimum atomic E-state index is -4.35. The molecule has 0 spiro atoms. The fourth-order valence-electron chi connectivity index (χ4n) is 1.65. The van der Waals surface area contributed by atoms with Crippen molar-refractivity contribution in [1.29, 1.82) is 0 Å². The largest absolute Gasteiger partial charge is 0.416 e. The number of hydrogen-bond acceptors (Lipinski definition) is 2. The molecule has 0 amide bonds. The maximum atomic E-state index is 12.4. The first kappa shape index (κ1) is 15.7. The molecule has 0 unspecified atom stereocenters. The molecule has 0 bridgehead atoms. The van der Waals surface area contributed by atoms with Crippen LogP contribution in [0.1, 0.15) is 31.4 Å². The molecule has 0 aliphatic carbocycles. The molecule has 0 aliphatic rings. The average Bonchev–Trinajstić information content (AvgIpc) is 2.27. The average molecular weight is 274 g/mol. The second kappa shape index (κ2) is 5.74. The van der Waals surface area contributed by atoms with Gasteiger partial charge in [0.15, 0.2) is 0 Å². The van der Waals surface area contributed by atoms with E-state index in [-0.39, 0.29) is 18.6 Å². The van der Waals surface area contributed by atoms with Gasteiger partial charge >= 0.3 is 6.18 Å². The molecule has 0 N–H and O–H groups in total. The van der Waals surface area contributed by atoms with Gasteiger partial charge in [0, 0.05) is 20.0 Å². The zero-order valence-corrected chi connectivity index (χ0v) is 11.2. The van der Waals surface area contributed by atoms with Crippen molar-refractivity contribution in [3.8, 4) is 0 Å². The molecule has 0 heterocycles. The maximum Gasteiger partial charge on any atom is 0.416 e. The third-order valence-corrected chi connectivity index (χ3v) is 2.86. The molecule has 0 aliphatic heterocycles. The predicted octanol–water partition coefficient (Wildman–Crippen LogP) is 3.63. The van der Waals surface area contributed by atoms with Crippen LogP contribution >= 0.6 is 0 Å². The minimum absolute atomic E-state index is 0.0633. The molecule has 0 saturated heterocycles. The van der Waals surface area contributed by atoms with Gasteiger partial charge in [0.25, 0.3) is 0 Å². The maximum absolute atomic E-state index is 12.4. The lowest BCUT2D eigenvalue weighted by molar-refractivity contribution is -0.137. The summed E-state index contributed by atoms with van der Waals surface area (Å²) in [5.74, 6) is -0.0633. The molecule has 1 aromatic rings. The summed E-state index contributed by atoms with van der Waals surface area (Å²) in [5.41, 5.74) is -0.686. The SMILES string of the molecule is COC(C)(C)CC(=O)Cc1ccc(C(F)(F)F)cc1. The summed E-state index contributed by atoms with van der Waals surface area (Å²) in [6, 6.07) is 4.65. The van der Waals surface area contributed by atoms with E-state index in [2.05, 4.69) is 0 Å². The van der Waals surface area contributed by atoms with E-state index in [0.29, 0.717) is 5.56 Å². The van der Waals surface area contributed by atoms with Crippen LogP contribution in [0.25, 0.3) is 0 Å². The van der Waals surface area contributed by atoms with Gasteiger partial charge in [-0.25, -0.2) is 0 Å². The van der Waals surface area contributed by atoms with Crippen molar-refractivity contribution < 1.29 is 22.7 Å². The Labute approximate surface area is 110 Å². The highest BCUT2D eigenvalue weighted by Gasteiger charge is 2.30. The normalized spacial score (nSPS) is 12.5. The fourth-order valence-corrected chi connectivity index (χ4v) is 1.65. The molecule has 0 fully saturated rings. The third kappa shape index (κ3) is 5.03. The van der Waals surface area contributed by atoms with Gasteiger partial charge in [-0.3, -0.25) is 4.79 Å². The van der Waals surface area contributed by atoms with Crippen LogP contribution in [0.4, 0.5) is 13.2 Å². The van der Waals surface area contributed by atoms with Crippen molar-refractivity contribution >= 4 is 5.78 Å². The zero-order valence-electron chi connectivity index (χ0n) is 11.2. The van der Waals surface area contributed by atoms with Crippen LogP contribution in [-0.4, -0.2) is 18.5 Å². The predicted molar refractivity (Wildman–Crippen MR) is 65.9 cm³/mol. The molecule has 1 rings (SSSR count). The second-order valence-electron chi connectivity index (χ2n) is 5.05. The van der Waals surface area contributed by atoms with Crippen LogP contribution in [0.2, 0.25) is 0 Å². The van der Waals surface area contributed by atoms with Gasteiger partial charge in [0.2, 0.25) is 0 Å². The van der Waals surface area contributed by atoms with E-state index < -0.39 is 17.3 Å². The van der Waals surface area contributed by atoms with Crippen molar-refractivity contribution in [2.24, 2.45) is 0 Å². The van der Waals surface area contributed by atoms with Crippen LogP contribution < -0.4 is 0 Å². The Balaban J connectivity index is 2.66. The molecule has 1 aromatic carbocycles. The first-order valence-corrected chi connectivity index (χ1v) is 5.87. The summed E-state index contributed by atoms with van der Waals surface area (Å²) >= 11 is 0. The van der Waals surface area contributed by atoms with Crippen molar-refractivity contribution in [1.82, 2.24) is 0 Å². The van der Waals surface area contributed by atoms with Crippen LogP contribution in [0.3, 0.4) is 0 Å². The minimum Gasteiger partial charge on any atom is -0.378 e. The van der Waals surface area contributed by atoms with Gasteiger partial charge in [0.1, 0.15) is 5.78 Å². The number of rotatable bonds is 5. The highest BCUT2D eigenvalue weighted by molar-refractivity contribution is 5.81. The van der Waals surface area contributed by atoms with E-state index in [0.717, 1.165) is 12.1 Å². The van der Waals surface area contributed by atoms with Crippen molar-refractivity contribution in [2.75, 3.05) is 7.11 Å². The summed E-state index contributed by atoms with van der Waals surface area (Å²) in [6.45, 7) is 3.58. The van der Waals surface area contributed by atoms with Gasteiger partial charge in [-0.15, -0.1) is 0 Å². The Hall–Kier alpha value is -1.36. The fraction of sp³-hybridized carbons (Fsp3) is 0.500. The van der Waals surface area contributed by atoms with E-state index >= 15 is 0 Å². The lowest BCUT2D eigenvalue weighted by atomic mass is 9.97. The van der Waals surface area contributed by atoms with Crippen LogP contribution in [-0.2, 0) is 22.1 Å². The van der Waals surface area contributed by atoms with Gasteiger partial charge in [-0.05, 0) is 31.5 Å². The van der Waals surface area contributed by atoms with E-state index in [4.69, 9.17) is 4.74 Å². The monoisotopic (exact) mass is 274 g/mol. The second-order valence-corrected chi connectivity index (χ2v) is 5.05. The first-order valence-electron chi connectivity index (χ1n) is 5.87. The Kier molecular flexibility index (Phi) is 4.74. The number of carbonyl (C=O) groups is 1. The zero-order chi connectivity index (χ0) is 14.7. The number of alkyl halides is 3. The molecule has 0 atom stereocenters. The third-order valence-electron chi connectivity index (χ3n) is 2.86. The number of hydrogen-bond donors (Lipinski definition) is 0.